The van der Waals surface area contributed by atoms with E-state index in [1.165, 1.54) is 37.6 Å². The molecule has 1 aromatic heterocycles. The van der Waals surface area contributed by atoms with Crippen LogP contribution in [0, 0.1) is 12.7 Å². The average molecular weight is 261 g/mol. The van der Waals surface area contributed by atoms with Gasteiger partial charge < -0.3 is 9.47 Å². The number of aryl methyl sites for hydroxylation is 1. The van der Waals surface area contributed by atoms with Gasteiger partial charge in [-0.3, -0.25) is 0 Å². The number of carbonyl (C=O) groups excluding carboxylic acids is 1. The van der Waals surface area contributed by atoms with Crippen LogP contribution in [0.15, 0.2) is 36.5 Å². The molecule has 0 N–H and O–H groups in total. The molecule has 1 heterocycles. The molecule has 0 unspecified atom stereocenters. The maximum Gasteiger partial charge on any atom is 0.339 e. The van der Waals surface area contributed by atoms with E-state index in [2.05, 4.69) is 9.72 Å². The molecule has 0 aliphatic carbocycles. The molecule has 0 saturated carbocycles. The zero-order valence-electron chi connectivity index (χ0n) is 10.5. The summed E-state index contributed by atoms with van der Waals surface area (Å²) in [4.78, 5) is 15.4. The van der Waals surface area contributed by atoms with E-state index in [0.717, 1.165) is 0 Å². The molecule has 2 aromatic rings. The first-order chi connectivity index (χ1) is 9.10. The fourth-order valence-corrected chi connectivity index (χ4v) is 1.51. The highest BCUT2D eigenvalue weighted by Crippen LogP contribution is 2.23. The van der Waals surface area contributed by atoms with Gasteiger partial charge in [-0.2, -0.15) is 0 Å². The first kappa shape index (κ1) is 13.0. The van der Waals surface area contributed by atoms with Gasteiger partial charge >= 0.3 is 5.97 Å². The maximum absolute atomic E-state index is 12.8. The molecule has 0 aliphatic rings. The summed E-state index contributed by atoms with van der Waals surface area (Å²) >= 11 is 0. The van der Waals surface area contributed by atoms with Crippen LogP contribution in [0.25, 0.3) is 0 Å². The number of aromatic nitrogens is 1. The van der Waals surface area contributed by atoms with Crippen molar-refractivity contribution in [1.29, 1.82) is 0 Å². The average Bonchev–Trinajstić information content (AvgIpc) is 2.42. The van der Waals surface area contributed by atoms with Crippen LogP contribution in [0.4, 0.5) is 4.39 Å². The Labute approximate surface area is 109 Å². The lowest BCUT2D eigenvalue weighted by atomic mass is 10.2. The molecule has 0 radical (unpaired) electrons. The van der Waals surface area contributed by atoms with Crippen LogP contribution in [0.1, 0.15) is 15.9 Å². The van der Waals surface area contributed by atoms with E-state index in [-0.39, 0.29) is 5.82 Å². The standard InChI is InChI=1S/C14H12FNO3/c1-9-7-10(14(17)18-2)8-16-13(9)19-12-5-3-11(15)4-6-12/h3-8H,1-2H3. The highest BCUT2D eigenvalue weighted by molar-refractivity contribution is 5.89. The second-order valence-electron chi connectivity index (χ2n) is 3.89. The third-order valence-corrected chi connectivity index (χ3v) is 2.48. The summed E-state index contributed by atoms with van der Waals surface area (Å²) in [5.41, 5.74) is 1.04. The molecule has 0 amide bonds. The lowest BCUT2D eigenvalue weighted by Crippen LogP contribution is -2.03. The minimum Gasteiger partial charge on any atom is -0.465 e. The zero-order valence-corrected chi connectivity index (χ0v) is 10.5. The van der Waals surface area contributed by atoms with Crippen molar-refractivity contribution in [2.24, 2.45) is 0 Å². The molecule has 1 aromatic carbocycles. The molecule has 0 aliphatic heterocycles. The number of carbonyl (C=O) groups is 1. The summed E-state index contributed by atoms with van der Waals surface area (Å²) in [6.45, 7) is 1.76. The summed E-state index contributed by atoms with van der Waals surface area (Å²) in [7, 11) is 1.31. The Balaban J connectivity index is 2.22. The van der Waals surface area contributed by atoms with Gasteiger partial charge in [0, 0.05) is 11.8 Å². The first-order valence-corrected chi connectivity index (χ1v) is 5.58. The molecule has 5 heteroatoms. The molecule has 0 atom stereocenters. The Bertz CT molecular complexity index is 596. The molecular formula is C14H12FNO3. The van der Waals surface area contributed by atoms with Crippen molar-refractivity contribution < 1.29 is 18.7 Å². The quantitative estimate of drug-likeness (QED) is 0.796. The Morgan fingerprint density at radius 2 is 1.95 bits per heavy atom. The van der Waals surface area contributed by atoms with E-state index < -0.39 is 5.97 Å². The Kier molecular flexibility index (Phi) is 3.75. The van der Waals surface area contributed by atoms with Crippen molar-refractivity contribution in [2.45, 2.75) is 6.92 Å². The van der Waals surface area contributed by atoms with Crippen molar-refractivity contribution in [3.05, 3.63) is 53.5 Å². The van der Waals surface area contributed by atoms with E-state index in [0.29, 0.717) is 22.8 Å². The van der Waals surface area contributed by atoms with E-state index >= 15 is 0 Å². The van der Waals surface area contributed by atoms with Gasteiger partial charge in [0.05, 0.1) is 12.7 Å². The lowest BCUT2D eigenvalue weighted by Gasteiger charge is -2.08. The smallest absolute Gasteiger partial charge is 0.339 e. The topological polar surface area (TPSA) is 48.4 Å². The van der Waals surface area contributed by atoms with Crippen LogP contribution in [0.3, 0.4) is 0 Å². The fraction of sp³-hybridized carbons (Fsp3) is 0.143. The highest BCUT2D eigenvalue weighted by atomic mass is 19.1. The normalized spacial score (nSPS) is 10.1. The van der Waals surface area contributed by atoms with Crippen molar-refractivity contribution in [3.8, 4) is 11.6 Å². The Hall–Kier alpha value is -2.43. The monoisotopic (exact) mass is 261 g/mol. The SMILES string of the molecule is COC(=O)c1cnc(Oc2ccc(F)cc2)c(C)c1. The van der Waals surface area contributed by atoms with E-state index in [1.807, 2.05) is 0 Å². The van der Waals surface area contributed by atoms with Gasteiger partial charge in [-0.25, -0.2) is 14.2 Å². The summed E-state index contributed by atoms with van der Waals surface area (Å²) in [6.07, 6.45) is 1.37. The minimum atomic E-state index is -0.455. The van der Waals surface area contributed by atoms with Crippen LogP contribution >= 0.6 is 0 Å². The van der Waals surface area contributed by atoms with Crippen molar-refractivity contribution >= 4 is 5.97 Å². The summed E-state index contributed by atoms with van der Waals surface area (Å²) in [5, 5.41) is 0. The molecule has 0 saturated heterocycles. The number of ether oxygens (including phenoxy) is 2. The first-order valence-electron chi connectivity index (χ1n) is 5.58. The third kappa shape index (κ3) is 3.07. The zero-order chi connectivity index (χ0) is 13.8. The van der Waals surface area contributed by atoms with Gasteiger partial charge in [-0.05, 0) is 37.3 Å². The summed E-state index contributed by atoms with van der Waals surface area (Å²) in [6, 6.07) is 7.23. The number of rotatable bonds is 3. The maximum atomic E-state index is 12.8. The summed E-state index contributed by atoms with van der Waals surface area (Å²) in [5.74, 6) is 0.0454. The van der Waals surface area contributed by atoms with Crippen LogP contribution in [-0.2, 0) is 4.74 Å². The van der Waals surface area contributed by atoms with Gasteiger partial charge in [-0.15, -0.1) is 0 Å². The number of pyridine rings is 1. The van der Waals surface area contributed by atoms with Crippen LogP contribution < -0.4 is 4.74 Å². The third-order valence-electron chi connectivity index (χ3n) is 2.48. The second-order valence-corrected chi connectivity index (χ2v) is 3.89. The van der Waals surface area contributed by atoms with Gasteiger partial charge in [-0.1, -0.05) is 0 Å². The van der Waals surface area contributed by atoms with Crippen LogP contribution in [-0.4, -0.2) is 18.1 Å². The van der Waals surface area contributed by atoms with Crippen molar-refractivity contribution in [1.82, 2.24) is 4.98 Å². The molecule has 0 bridgehead atoms. The largest absolute Gasteiger partial charge is 0.465 e. The number of nitrogens with zero attached hydrogens (tertiary/aromatic N) is 1. The Morgan fingerprint density at radius 1 is 1.26 bits per heavy atom. The minimum absolute atomic E-state index is 0.335. The highest BCUT2D eigenvalue weighted by Gasteiger charge is 2.10. The molecule has 2 rings (SSSR count). The molecule has 0 fully saturated rings. The predicted octanol–water partition coefficient (Wildman–Crippen LogP) is 3.11. The molecular weight excluding hydrogens is 249 g/mol. The summed E-state index contributed by atoms with van der Waals surface area (Å²) < 4.78 is 22.9. The predicted molar refractivity (Wildman–Crippen MR) is 66.8 cm³/mol. The van der Waals surface area contributed by atoms with Crippen LogP contribution in [0.2, 0.25) is 0 Å². The fourth-order valence-electron chi connectivity index (χ4n) is 1.51. The number of methoxy groups -OCH3 is 1. The number of hydrogen-bond donors (Lipinski definition) is 0. The number of esters is 1. The molecule has 19 heavy (non-hydrogen) atoms. The van der Waals surface area contributed by atoms with Gasteiger partial charge in [0.15, 0.2) is 0 Å². The van der Waals surface area contributed by atoms with E-state index in [4.69, 9.17) is 4.74 Å². The Morgan fingerprint density at radius 3 is 2.53 bits per heavy atom. The number of halogens is 1. The molecule has 98 valence electrons. The van der Waals surface area contributed by atoms with Crippen molar-refractivity contribution in [3.63, 3.8) is 0 Å². The van der Waals surface area contributed by atoms with Gasteiger partial charge in [0.25, 0.3) is 0 Å². The number of benzene rings is 1. The second kappa shape index (κ2) is 5.48. The van der Waals surface area contributed by atoms with Crippen LogP contribution in [0.5, 0.6) is 11.6 Å². The van der Waals surface area contributed by atoms with E-state index in [9.17, 15) is 9.18 Å². The lowest BCUT2D eigenvalue weighted by molar-refractivity contribution is 0.0600. The molecule has 0 spiro atoms. The number of hydrogen-bond acceptors (Lipinski definition) is 4. The van der Waals surface area contributed by atoms with Crippen molar-refractivity contribution in [2.75, 3.05) is 7.11 Å². The van der Waals surface area contributed by atoms with E-state index in [1.54, 1.807) is 13.0 Å². The molecule has 4 nitrogen and oxygen atoms in total. The van der Waals surface area contributed by atoms with Gasteiger partial charge in [0.2, 0.25) is 5.88 Å². The van der Waals surface area contributed by atoms with Gasteiger partial charge in [0.1, 0.15) is 11.6 Å².